The van der Waals surface area contributed by atoms with Gasteiger partial charge in [0.1, 0.15) is 5.75 Å². The minimum Gasteiger partial charge on any atom is -0.497 e. The van der Waals surface area contributed by atoms with Gasteiger partial charge in [-0.25, -0.2) is 13.2 Å². The van der Waals surface area contributed by atoms with Crippen molar-refractivity contribution in [2.24, 2.45) is 0 Å². The number of hydrogen-bond acceptors (Lipinski definition) is 8. The number of carbonyl (C=O) groups excluding carboxylic acids is 2. The topological polar surface area (TPSA) is 120 Å². The van der Waals surface area contributed by atoms with Crippen molar-refractivity contribution >= 4 is 27.6 Å². The van der Waals surface area contributed by atoms with Gasteiger partial charge >= 0.3 is 5.97 Å². The summed E-state index contributed by atoms with van der Waals surface area (Å²) in [5.41, 5.74) is 0.122. The van der Waals surface area contributed by atoms with Crippen LogP contribution in [0.5, 0.6) is 17.2 Å². The molecule has 0 spiro atoms. The Hall–Kier alpha value is -3.31. The van der Waals surface area contributed by atoms with Gasteiger partial charge in [-0.1, -0.05) is 6.92 Å². The van der Waals surface area contributed by atoms with Crippen LogP contribution in [0.1, 0.15) is 17.3 Å². The molecule has 0 heterocycles. The Balaban J connectivity index is 2.30. The minimum atomic E-state index is -3.94. The monoisotopic (exact) mass is 466 g/mol. The number of likely N-dealkylation sites (N-methyl/N-ethyl adjacent to an activating group) is 1. The summed E-state index contributed by atoms with van der Waals surface area (Å²) in [6, 6.07) is 8.61. The van der Waals surface area contributed by atoms with E-state index in [1.807, 2.05) is 0 Å². The lowest BCUT2D eigenvalue weighted by Crippen LogP contribution is -2.38. The summed E-state index contributed by atoms with van der Waals surface area (Å²) in [5.74, 6) is -0.314. The van der Waals surface area contributed by atoms with Gasteiger partial charge in [-0.15, -0.1) is 0 Å². The number of esters is 1. The first-order valence-corrected chi connectivity index (χ1v) is 10.9. The Morgan fingerprint density at radius 3 is 2.03 bits per heavy atom. The highest BCUT2D eigenvalue weighted by Crippen LogP contribution is 2.34. The largest absolute Gasteiger partial charge is 0.497 e. The summed E-state index contributed by atoms with van der Waals surface area (Å²) in [7, 11) is 1.54. The Morgan fingerprint density at radius 2 is 1.53 bits per heavy atom. The number of benzene rings is 2. The van der Waals surface area contributed by atoms with E-state index in [4.69, 9.17) is 18.9 Å². The predicted molar refractivity (Wildman–Crippen MR) is 117 cm³/mol. The van der Waals surface area contributed by atoms with E-state index >= 15 is 0 Å². The molecule has 1 amide bonds. The zero-order valence-corrected chi connectivity index (χ0v) is 19.3. The molecule has 0 radical (unpaired) electrons. The van der Waals surface area contributed by atoms with Gasteiger partial charge in [0.2, 0.25) is 15.9 Å². The van der Waals surface area contributed by atoms with E-state index in [1.165, 1.54) is 64.8 Å². The average molecular weight is 467 g/mol. The third-order valence-corrected chi connectivity index (χ3v) is 6.51. The van der Waals surface area contributed by atoms with Gasteiger partial charge in [0, 0.05) is 18.7 Å². The van der Waals surface area contributed by atoms with Crippen LogP contribution in [0, 0.1) is 0 Å². The number of nitrogens with zero attached hydrogens (tertiary/aromatic N) is 1. The molecule has 1 N–H and O–H groups in total. The molecule has 2 rings (SSSR count). The van der Waals surface area contributed by atoms with E-state index in [2.05, 4.69) is 5.32 Å². The van der Waals surface area contributed by atoms with Crippen LogP contribution in [0.15, 0.2) is 41.3 Å². The summed E-state index contributed by atoms with van der Waals surface area (Å²) in [6.45, 7) is 1.20. The summed E-state index contributed by atoms with van der Waals surface area (Å²) in [5, 5.41) is 2.56. The zero-order valence-electron chi connectivity index (χ0n) is 18.5. The van der Waals surface area contributed by atoms with Gasteiger partial charge in [0.15, 0.2) is 11.5 Å². The molecule has 0 aromatic heterocycles. The standard InChI is InChI=1S/C21H26N2O8S/c1-6-23(32(26,27)15-9-7-14(28-2)8-10-15)13-20(24)22-17-12-19(30-4)18(29-3)11-16(17)21(25)31-5/h7-12H,6,13H2,1-5H3,(H,22,24). The van der Waals surface area contributed by atoms with E-state index < -0.39 is 28.4 Å². The van der Waals surface area contributed by atoms with E-state index in [1.54, 1.807) is 6.92 Å². The second kappa shape index (κ2) is 10.8. The smallest absolute Gasteiger partial charge is 0.340 e. The van der Waals surface area contributed by atoms with Crippen molar-refractivity contribution in [1.29, 1.82) is 0 Å². The van der Waals surface area contributed by atoms with Gasteiger partial charge in [0.25, 0.3) is 0 Å². The maximum Gasteiger partial charge on any atom is 0.340 e. The van der Waals surface area contributed by atoms with Crippen LogP contribution in [-0.4, -0.2) is 66.1 Å². The van der Waals surface area contributed by atoms with Gasteiger partial charge in [-0.05, 0) is 24.3 Å². The Kier molecular flexibility index (Phi) is 8.44. The van der Waals surface area contributed by atoms with Crippen molar-refractivity contribution in [3.8, 4) is 17.2 Å². The van der Waals surface area contributed by atoms with Gasteiger partial charge < -0.3 is 24.3 Å². The molecule has 174 valence electrons. The second-order valence-electron chi connectivity index (χ2n) is 6.40. The Bertz CT molecular complexity index is 1070. The number of methoxy groups -OCH3 is 4. The fourth-order valence-electron chi connectivity index (χ4n) is 2.87. The highest BCUT2D eigenvalue weighted by Gasteiger charge is 2.26. The van der Waals surface area contributed by atoms with Gasteiger partial charge in [-0.2, -0.15) is 4.31 Å². The fourth-order valence-corrected chi connectivity index (χ4v) is 4.28. The molecule has 10 nitrogen and oxygen atoms in total. The lowest BCUT2D eigenvalue weighted by molar-refractivity contribution is -0.116. The molecule has 0 bridgehead atoms. The summed E-state index contributed by atoms with van der Waals surface area (Å²) >= 11 is 0. The lowest BCUT2D eigenvalue weighted by Gasteiger charge is -2.21. The number of amides is 1. The first-order chi connectivity index (χ1) is 15.2. The molecule has 0 atom stereocenters. The van der Waals surface area contributed by atoms with Gasteiger partial charge in [0.05, 0.1) is 51.1 Å². The summed E-state index contributed by atoms with van der Waals surface area (Å²) in [6.07, 6.45) is 0. The van der Waals surface area contributed by atoms with E-state index in [-0.39, 0.29) is 34.2 Å². The van der Waals surface area contributed by atoms with Gasteiger partial charge in [-0.3, -0.25) is 4.79 Å². The molecule has 2 aromatic rings. The van der Waals surface area contributed by atoms with Crippen molar-refractivity contribution in [3.63, 3.8) is 0 Å². The summed E-state index contributed by atoms with van der Waals surface area (Å²) in [4.78, 5) is 24.9. The van der Waals surface area contributed by atoms with Crippen LogP contribution in [0.3, 0.4) is 0 Å². The lowest BCUT2D eigenvalue weighted by atomic mass is 10.1. The molecule has 32 heavy (non-hydrogen) atoms. The molecule has 0 saturated heterocycles. The zero-order chi connectivity index (χ0) is 23.9. The molecule has 0 aliphatic carbocycles. The van der Waals surface area contributed by atoms with Crippen LogP contribution in [0.25, 0.3) is 0 Å². The molecular weight excluding hydrogens is 440 g/mol. The molecule has 0 aliphatic heterocycles. The molecule has 0 unspecified atom stereocenters. The molecule has 0 fully saturated rings. The first kappa shape index (κ1) is 25.0. The number of carbonyl (C=O) groups is 2. The van der Waals surface area contributed by atoms with Crippen LogP contribution >= 0.6 is 0 Å². The molecule has 11 heteroatoms. The van der Waals surface area contributed by atoms with Crippen LogP contribution in [0.2, 0.25) is 0 Å². The van der Waals surface area contributed by atoms with E-state index in [0.717, 1.165) is 4.31 Å². The van der Waals surface area contributed by atoms with Crippen molar-refractivity contribution < 1.29 is 37.0 Å². The highest BCUT2D eigenvalue weighted by molar-refractivity contribution is 7.89. The molecule has 0 aliphatic rings. The fraction of sp³-hybridized carbons (Fsp3) is 0.333. The highest BCUT2D eigenvalue weighted by atomic mass is 32.2. The van der Waals surface area contributed by atoms with Crippen LogP contribution in [-0.2, 0) is 19.6 Å². The normalized spacial score (nSPS) is 11.1. The quantitative estimate of drug-likeness (QED) is 0.529. The third-order valence-electron chi connectivity index (χ3n) is 4.57. The summed E-state index contributed by atoms with van der Waals surface area (Å²) < 4.78 is 47.1. The number of ether oxygens (including phenoxy) is 4. The number of hydrogen-bond donors (Lipinski definition) is 1. The van der Waals surface area contributed by atoms with Crippen LogP contribution in [0.4, 0.5) is 5.69 Å². The number of nitrogens with one attached hydrogen (secondary N) is 1. The van der Waals surface area contributed by atoms with E-state index in [0.29, 0.717) is 5.75 Å². The average Bonchev–Trinajstić information content (AvgIpc) is 2.81. The van der Waals surface area contributed by atoms with E-state index in [9.17, 15) is 18.0 Å². The maximum atomic E-state index is 13.0. The minimum absolute atomic E-state index is 0.0225. The first-order valence-electron chi connectivity index (χ1n) is 9.50. The Morgan fingerprint density at radius 1 is 0.938 bits per heavy atom. The second-order valence-corrected chi connectivity index (χ2v) is 8.34. The molecule has 2 aromatic carbocycles. The third kappa shape index (κ3) is 5.48. The number of anilines is 1. The van der Waals surface area contributed by atoms with Crippen molar-refractivity contribution in [2.75, 3.05) is 46.8 Å². The molecule has 0 saturated carbocycles. The number of rotatable bonds is 10. The van der Waals surface area contributed by atoms with Crippen LogP contribution < -0.4 is 19.5 Å². The van der Waals surface area contributed by atoms with Crippen molar-refractivity contribution in [2.45, 2.75) is 11.8 Å². The SMILES string of the molecule is CCN(CC(=O)Nc1cc(OC)c(OC)cc1C(=O)OC)S(=O)(=O)c1ccc(OC)cc1. The predicted octanol–water partition coefficient (Wildman–Crippen LogP) is 2.15. The number of sulfonamides is 1. The maximum absolute atomic E-state index is 13.0. The van der Waals surface area contributed by atoms with Crippen molar-refractivity contribution in [3.05, 3.63) is 42.0 Å². The molecular formula is C21H26N2O8S. The Labute approximate surface area is 187 Å². The van der Waals surface area contributed by atoms with Crippen molar-refractivity contribution in [1.82, 2.24) is 4.31 Å².